The molecule has 0 amide bonds. The highest BCUT2D eigenvalue weighted by molar-refractivity contribution is 5.35. The molecule has 0 nitrogen and oxygen atoms in total. The van der Waals surface area contributed by atoms with E-state index in [1.54, 1.807) is 0 Å². The molecule has 1 rings (SSSR count). The normalized spacial score (nSPS) is 9.18. The third-order valence-corrected chi connectivity index (χ3v) is 1.53. The Bertz CT molecular complexity index is 294. The van der Waals surface area contributed by atoms with E-state index in [0.29, 0.717) is 5.56 Å². The van der Waals surface area contributed by atoms with Crippen molar-refractivity contribution in [2.24, 2.45) is 0 Å². The zero-order chi connectivity index (χ0) is 8.27. The Kier molecular flexibility index (Phi) is 2.28. The van der Waals surface area contributed by atoms with E-state index in [1.165, 1.54) is 12.1 Å². The average Bonchev–Trinajstić information content (AvgIpc) is 2.03. The van der Waals surface area contributed by atoms with Gasteiger partial charge in [0.25, 0.3) is 0 Å². The van der Waals surface area contributed by atoms with Crippen LogP contribution in [0.4, 0.5) is 4.39 Å². The third kappa shape index (κ3) is 1.81. The maximum Gasteiger partial charge on any atom is 0.124 e. The second-order valence-electron chi connectivity index (χ2n) is 2.35. The number of terminal acetylenes is 1. The van der Waals surface area contributed by atoms with E-state index in [1.807, 2.05) is 13.0 Å². The van der Waals surface area contributed by atoms with E-state index in [4.69, 9.17) is 6.42 Å². The fraction of sp³-hybridized carbons (Fsp3) is 0.200. The van der Waals surface area contributed by atoms with Gasteiger partial charge in [-0.15, -0.1) is 6.42 Å². The van der Waals surface area contributed by atoms with Crippen molar-refractivity contribution >= 4 is 0 Å². The van der Waals surface area contributed by atoms with Crippen LogP contribution in [0.3, 0.4) is 0 Å². The maximum absolute atomic E-state index is 12.7. The van der Waals surface area contributed by atoms with Crippen LogP contribution >= 0.6 is 0 Å². The Morgan fingerprint density at radius 1 is 1.45 bits per heavy atom. The molecule has 0 fully saturated rings. The molecule has 1 aromatic carbocycles. The molecule has 0 aliphatic heterocycles. The highest BCUT2D eigenvalue weighted by Crippen LogP contribution is 2.08. The highest BCUT2D eigenvalue weighted by Gasteiger charge is 1.95. The Labute approximate surface area is 66.1 Å². The van der Waals surface area contributed by atoms with Crippen LogP contribution in [0.2, 0.25) is 0 Å². The van der Waals surface area contributed by atoms with Gasteiger partial charge in [-0.3, -0.25) is 0 Å². The summed E-state index contributed by atoms with van der Waals surface area (Å²) in [4.78, 5) is 0. The lowest BCUT2D eigenvalue weighted by atomic mass is 10.1. The Balaban J connectivity index is 3.15. The molecule has 0 radical (unpaired) electrons. The summed E-state index contributed by atoms with van der Waals surface area (Å²) >= 11 is 0. The fourth-order valence-corrected chi connectivity index (χ4v) is 0.938. The first-order valence-corrected chi connectivity index (χ1v) is 3.52. The van der Waals surface area contributed by atoms with E-state index in [2.05, 4.69) is 5.92 Å². The van der Waals surface area contributed by atoms with Crippen molar-refractivity contribution in [3.63, 3.8) is 0 Å². The first kappa shape index (κ1) is 7.81. The van der Waals surface area contributed by atoms with Gasteiger partial charge >= 0.3 is 0 Å². The Morgan fingerprint density at radius 2 is 2.18 bits per heavy atom. The molecule has 0 aliphatic rings. The van der Waals surface area contributed by atoms with Crippen molar-refractivity contribution in [1.29, 1.82) is 0 Å². The second-order valence-corrected chi connectivity index (χ2v) is 2.35. The molecule has 1 aromatic rings. The van der Waals surface area contributed by atoms with Crippen molar-refractivity contribution in [3.05, 3.63) is 35.1 Å². The van der Waals surface area contributed by atoms with Gasteiger partial charge in [0.15, 0.2) is 0 Å². The lowest BCUT2D eigenvalue weighted by molar-refractivity contribution is 0.625. The molecule has 0 spiro atoms. The molecular formula is C10H9F. The summed E-state index contributed by atoms with van der Waals surface area (Å²) in [7, 11) is 0. The standard InChI is InChI=1S/C10H9F/c1-3-8-5-9(4-2)7-10(11)6-8/h1,5-7H,4H2,2H3. The summed E-state index contributed by atoms with van der Waals surface area (Å²) in [6.07, 6.45) is 5.94. The Hall–Kier alpha value is -1.29. The number of aryl methyl sites for hydroxylation is 1. The largest absolute Gasteiger partial charge is 0.207 e. The van der Waals surface area contributed by atoms with Crippen molar-refractivity contribution in [1.82, 2.24) is 0 Å². The van der Waals surface area contributed by atoms with Gasteiger partial charge in [-0.25, -0.2) is 4.39 Å². The first-order chi connectivity index (χ1) is 5.26. The van der Waals surface area contributed by atoms with Crippen LogP contribution in [0, 0.1) is 18.2 Å². The molecule has 0 aliphatic carbocycles. The van der Waals surface area contributed by atoms with Crippen LogP contribution in [0.5, 0.6) is 0 Å². The van der Waals surface area contributed by atoms with E-state index in [0.717, 1.165) is 12.0 Å². The molecule has 0 bridgehead atoms. The minimum Gasteiger partial charge on any atom is -0.207 e. The summed E-state index contributed by atoms with van der Waals surface area (Å²) in [5.74, 6) is 2.15. The molecule has 1 heteroatoms. The molecule has 0 N–H and O–H groups in total. The van der Waals surface area contributed by atoms with E-state index < -0.39 is 0 Å². The van der Waals surface area contributed by atoms with Crippen LogP contribution in [0.25, 0.3) is 0 Å². The Morgan fingerprint density at radius 3 is 2.73 bits per heavy atom. The summed E-state index contributed by atoms with van der Waals surface area (Å²) < 4.78 is 12.7. The van der Waals surface area contributed by atoms with Gasteiger partial charge in [0, 0.05) is 5.56 Å². The third-order valence-electron chi connectivity index (χ3n) is 1.53. The summed E-state index contributed by atoms with van der Waals surface area (Å²) in [5, 5.41) is 0. The summed E-state index contributed by atoms with van der Waals surface area (Å²) in [6.45, 7) is 1.97. The minimum atomic E-state index is -0.252. The van der Waals surface area contributed by atoms with Crippen molar-refractivity contribution in [2.75, 3.05) is 0 Å². The smallest absolute Gasteiger partial charge is 0.124 e. The zero-order valence-corrected chi connectivity index (χ0v) is 6.39. The minimum absolute atomic E-state index is 0.252. The van der Waals surface area contributed by atoms with Gasteiger partial charge in [-0.05, 0) is 30.2 Å². The quantitative estimate of drug-likeness (QED) is 0.536. The predicted molar refractivity (Wildman–Crippen MR) is 43.7 cm³/mol. The number of halogens is 1. The lowest BCUT2D eigenvalue weighted by Crippen LogP contribution is -1.85. The van der Waals surface area contributed by atoms with Crippen LogP contribution in [0.1, 0.15) is 18.1 Å². The summed E-state index contributed by atoms with van der Waals surface area (Å²) in [5.41, 5.74) is 1.56. The molecule has 56 valence electrons. The van der Waals surface area contributed by atoms with Gasteiger partial charge in [-0.1, -0.05) is 12.8 Å². The van der Waals surface area contributed by atoms with Crippen LogP contribution < -0.4 is 0 Å². The lowest BCUT2D eigenvalue weighted by Gasteiger charge is -1.97. The van der Waals surface area contributed by atoms with Gasteiger partial charge in [0.05, 0.1) is 0 Å². The molecule has 0 heterocycles. The molecule has 0 atom stereocenters. The molecule has 0 unspecified atom stereocenters. The first-order valence-electron chi connectivity index (χ1n) is 3.52. The monoisotopic (exact) mass is 148 g/mol. The molecule has 0 saturated heterocycles. The van der Waals surface area contributed by atoms with E-state index in [9.17, 15) is 4.39 Å². The molecule has 11 heavy (non-hydrogen) atoms. The fourth-order valence-electron chi connectivity index (χ4n) is 0.938. The SMILES string of the molecule is C#Cc1cc(F)cc(CC)c1. The van der Waals surface area contributed by atoms with Crippen LogP contribution in [-0.4, -0.2) is 0 Å². The number of hydrogen-bond acceptors (Lipinski definition) is 0. The highest BCUT2D eigenvalue weighted by atomic mass is 19.1. The average molecular weight is 148 g/mol. The van der Waals surface area contributed by atoms with Crippen molar-refractivity contribution in [2.45, 2.75) is 13.3 Å². The molecule has 0 aromatic heterocycles. The van der Waals surface area contributed by atoms with Crippen LogP contribution in [0.15, 0.2) is 18.2 Å². The van der Waals surface area contributed by atoms with Gasteiger partial charge in [-0.2, -0.15) is 0 Å². The van der Waals surface area contributed by atoms with Gasteiger partial charge < -0.3 is 0 Å². The second kappa shape index (κ2) is 3.21. The zero-order valence-electron chi connectivity index (χ0n) is 6.39. The number of benzene rings is 1. The van der Waals surface area contributed by atoms with Crippen LogP contribution in [-0.2, 0) is 6.42 Å². The van der Waals surface area contributed by atoms with Crippen molar-refractivity contribution < 1.29 is 4.39 Å². The van der Waals surface area contributed by atoms with Crippen molar-refractivity contribution in [3.8, 4) is 12.3 Å². The van der Waals surface area contributed by atoms with Gasteiger partial charge in [0.1, 0.15) is 5.82 Å². The predicted octanol–water partition coefficient (Wildman–Crippen LogP) is 2.37. The maximum atomic E-state index is 12.7. The van der Waals surface area contributed by atoms with E-state index in [-0.39, 0.29) is 5.82 Å². The molecular weight excluding hydrogens is 139 g/mol. The topological polar surface area (TPSA) is 0 Å². The van der Waals surface area contributed by atoms with E-state index >= 15 is 0 Å². The van der Waals surface area contributed by atoms with Gasteiger partial charge in [0.2, 0.25) is 0 Å². The number of hydrogen-bond donors (Lipinski definition) is 0. The summed E-state index contributed by atoms with van der Waals surface area (Å²) in [6, 6.07) is 4.68. The molecule has 0 saturated carbocycles. The number of rotatable bonds is 1.